The molecule has 0 amide bonds. The Morgan fingerprint density at radius 1 is 0.255 bits per heavy atom. The first kappa shape index (κ1) is 55.4. The Morgan fingerprint density at radius 2 is 0.561 bits per heavy atom. The average molecular weight is 1250 g/mol. The Kier molecular flexibility index (Phi) is 12.6. The third kappa shape index (κ3) is 8.57. The van der Waals surface area contributed by atoms with Gasteiger partial charge in [0.05, 0.1) is 16.7 Å². The molecule has 0 fully saturated rings. The van der Waals surface area contributed by atoms with Gasteiger partial charge in [-0.3, -0.25) is 0 Å². The molecule has 0 atom stereocenters. The zero-order valence-electron chi connectivity index (χ0n) is 53.1. The fourth-order valence-electron chi connectivity index (χ4n) is 16.0. The minimum absolute atomic E-state index is 0.456. The van der Waals surface area contributed by atoms with Gasteiger partial charge < -0.3 is 33.0 Å². The largest absolute Gasteiger partial charge is 0.456 e. The van der Waals surface area contributed by atoms with Gasteiger partial charge in [-0.05, 0) is 184 Å². The van der Waals surface area contributed by atoms with Crippen molar-refractivity contribution in [3.05, 3.63) is 352 Å². The Bertz CT molecular complexity index is 5670. The predicted octanol–water partition coefficient (Wildman–Crippen LogP) is 22.9. The summed E-state index contributed by atoms with van der Waals surface area (Å²) in [6, 6.07) is 127. The number of fused-ring (bicyclic) bond motifs is 15. The molecule has 7 nitrogen and oxygen atoms in total. The van der Waals surface area contributed by atoms with Crippen LogP contribution in [0.4, 0.5) is 68.2 Å². The monoisotopic (exact) mass is 1250 g/mol. The molecule has 0 aliphatic carbocycles. The highest BCUT2D eigenvalue weighted by atomic mass is 16.3. The van der Waals surface area contributed by atoms with E-state index in [4.69, 9.17) is 8.83 Å². The molecule has 0 spiro atoms. The molecule has 2 aliphatic rings. The number of rotatable bonds is 11. The van der Waals surface area contributed by atoms with E-state index in [9.17, 15) is 0 Å². The topological polar surface area (TPSA) is 44.2 Å². The molecule has 18 aromatic rings. The summed E-state index contributed by atoms with van der Waals surface area (Å²) in [5.41, 5.74) is 26.5. The Hall–Kier alpha value is -13.0. The smallest absolute Gasteiger partial charge is 0.261 e. The van der Waals surface area contributed by atoms with Crippen LogP contribution in [0.2, 0.25) is 0 Å². The van der Waals surface area contributed by atoms with Crippen molar-refractivity contribution in [1.29, 1.82) is 0 Å². The van der Waals surface area contributed by atoms with E-state index < -0.39 is 6.71 Å². The van der Waals surface area contributed by atoms with E-state index in [1.165, 1.54) is 10.8 Å². The Labute approximate surface area is 566 Å². The molecular weight excluding hydrogens is 1190 g/mol. The second kappa shape index (κ2) is 22.3. The zero-order chi connectivity index (χ0) is 64.4. The van der Waals surface area contributed by atoms with Crippen LogP contribution >= 0.6 is 0 Å². The van der Waals surface area contributed by atoms with Crippen molar-refractivity contribution in [2.24, 2.45) is 0 Å². The highest BCUT2D eigenvalue weighted by Gasteiger charge is 2.48. The highest BCUT2D eigenvalue weighted by Crippen LogP contribution is 2.53. The maximum atomic E-state index is 7.65. The van der Waals surface area contributed by atoms with Crippen molar-refractivity contribution in [2.75, 3.05) is 19.6 Å². The summed E-state index contributed by atoms with van der Waals surface area (Å²) in [7, 11) is 0. The molecule has 20 rings (SSSR count). The van der Waals surface area contributed by atoms with Crippen LogP contribution in [-0.4, -0.2) is 11.3 Å². The molecule has 2 aliphatic heterocycles. The van der Waals surface area contributed by atoms with E-state index >= 15 is 0 Å². The molecule has 15 aromatic carbocycles. The maximum Gasteiger partial charge on any atom is 0.261 e. The van der Waals surface area contributed by atoms with Gasteiger partial charge in [-0.15, -0.1) is 0 Å². The van der Waals surface area contributed by atoms with Crippen LogP contribution in [0.5, 0.6) is 0 Å². The van der Waals surface area contributed by atoms with Crippen LogP contribution in [0.25, 0.3) is 93.6 Å². The zero-order valence-corrected chi connectivity index (χ0v) is 53.1. The Morgan fingerprint density at radius 3 is 0.939 bits per heavy atom. The molecule has 458 valence electrons. The van der Waals surface area contributed by atoms with Crippen LogP contribution in [-0.2, 0) is 0 Å². The number of nitrogens with zero attached hydrogens (tertiary/aromatic N) is 5. The van der Waals surface area contributed by atoms with Gasteiger partial charge in [0.25, 0.3) is 6.71 Å². The van der Waals surface area contributed by atoms with Gasteiger partial charge in [0, 0.05) is 101 Å². The maximum absolute atomic E-state index is 7.65. The first-order chi connectivity index (χ1) is 48.7. The first-order valence-corrected chi connectivity index (χ1v) is 33.5. The van der Waals surface area contributed by atoms with Gasteiger partial charge in [-0.25, -0.2) is 0 Å². The minimum atomic E-state index is -0.456. The molecule has 0 radical (unpaired) electrons. The molecule has 0 saturated carbocycles. The third-order valence-electron chi connectivity index (χ3n) is 20.1. The lowest BCUT2D eigenvalue weighted by molar-refractivity contribution is 0.671. The summed E-state index contributed by atoms with van der Waals surface area (Å²) in [6.07, 6.45) is 0. The highest BCUT2D eigenvalue weighted by molar-refractivity contribution is 7.03. The van der Waals surface area contributed by atoms with E-state index in [1.807, 2.05) is 0 Å². The number of hydrogen-bond donors (Lipinski definition) is 0. The van der Waals surface area contributed by atoms with Gasteiger partial charge >= 0.3 is 0 Å². The number of hydrogen-bond acceptors (Lipinski definition) is 6. The van der Waals surface area contributed by atoms with Crippen molar-refractivity contribution in [1.82, 2.24) is 4.57 Å². The summed E-state index contributed by atoms with van der Waals surface area (Å²) >= 11 is 0. The molecule has 98 heavy (non-hydrogen) atoms. The predicted molar refractivity (Wildman–Crippen MR) is 410 cm³/mol. The van der Waals surface area contributed by atoms with Crippen molar-refractivity contribution in [3.63, 3.8) is 0 Å². The van der Waals surface area contributed by atoms with Crippen LogP contribution in [0.1, 0.15) is 0 Å². The summed E-state index contributed by atoms with van der Waals surface area (Å²) in [4.78, 5) is 9.75. The van der Waals surface area contributed by atoms with E-state index in [0.717, 1.165) is 167 Å². The lowest BCUT2D eigenvalue weighted by Crippen LogP contribution is -2.61. The molecule has 0 saturated heterocycles. The number of para-hydroxylation sites is 8. The summed E-state index contributed by atoms with van der Waals surface area (Å²) < 4.78 is 17.8. The second-order valence-corrected chi connectivity index (χ2v) is 25.5. The van der Waals surface area contributed by atoms with Crippen LogP contribution in [0, 0.1) is 0 Å². The summed E-state index contributed by atoms with van der Waals surface area (Å²) in [6.45, 7) is -0.456. The lowest BCUT2D eigenvalue weighted by Gasteiger charge is -2.44. The van der Waals surface area contributed by atoms with Crippen molar-refractivity contribution in [2.45, 2.75) is 0 Å². The van der Waals surface area contributed by atoms with Crippen molar-refractivity contribution in [3.8, 4) is 27.9 Å². The number of furan rings is 2. The third-order valence-corrected chi connectivity index (χ3v) is 20.1. The standard InChI is InChI=1S/C90H58BN5O2/c1-7-27-59(28-8-1)74-57-80-87(89-84(74)72-41-21-25-45-82(72)97-89)91-86-78(94(80)67-51-47-65(48-52-67)92(61-31-11-3-12-32-61)62-33-13-4-14-34-62)55-69(96-76-43-23-19-39-70(76)71-40-20-24-44-77(71)96)56-79(86)95(68-53-49-66(50-54-68)93(63-35-15-5-16-36-63)64-37-17-6-18-38-64)81-58-75(60-29-9-2-10-30-60)85-73-42-22-26-46-83(73)98-90(85)88(81)91/h1-58H. The number of aromatic nitrogens is 1. The van der Waals surface area contributed by atoms with E-state index in [2.05, 4.69) is 376 Å². The molecular formula is C90H58BN5O2. The fourth-order valence-corrected chi connectivity index (χ4v) is 16.0. The summed E-state index contributed by atoms with van der Waals surface area (Å²) in [5.74, 6) is 0. The average Bonchev–Trinajstić information content (AvgIpc) is 1.18. The quantitative estimate of drug-likeness (QED) is 0.120. The minimum Gasteiger partial charge on any atom is -0.456 e. The second-order valence-electron chi connectivity index (χ2n) is 25.5. The SMILES string of the molecule is c1ccc(-c2cc3c(c4oc5ccccc5c24)B2c4c(cc(-n5c6ccccc6c6ccccc65)cc4N(c4ccc(N(c5ccccc5)c5ccccc5)cc4)c4cc(-c5ccccc5)c5c(oc6ccccc65)c42)N3c2ccc(N(c3ccccc3)c3ccccc3)cc2)cc1. The molecule has 0 N–H and O–H groups in total. The van der Waals surface area contributed by atoms with Gasteiger partial charge in [-0.2, -0.15) is 0 Å². The van der Waals surface area contributed by atoms with Crippen molar-refractivity contribution < 1.29 is 8.83 Å². The van der Waals surface area contributed by atoms with Gasteiger partial charge in [0.2, 0.25) is 0 Å². The van der Waals surface area contributed by atoms with Gasteiger partial charge in [0.15, 0.2) is 0 Å². The Balaban J connectivity index is 0.945. The molecule has 3 aromatic heterocycles. The van der Waals surface area contributed by atoms with E-state index in [1.54, 1.807) is 0 Å². The fraction of sp³-hybridized carbons (Fsp3) is 0. The van der Waals surface area contributed by atoms with Gasteiger partial charge in [0.1, 0.15) is 22.3 Å². The normalized spacial score (nSPS) is 12.4. The summed E-state index contributed by atoms with van der Waals surface area (Å²) in [5, 5.41) is 6.62. The van der Waals surface area contributed by atoms with Crippen LogP contribution in [0.15, 0.2) is 361 Å². The lowest BCUT2D eigenvalue weighted by atomic mass is 9.33. The van der Waals surface area contributed by atoms with Crippen LogP contribution < -0.4 is 36.0 Å². The van der Waals surface area contributed by atoms with Crippen LogP contribution in [0.3, 0.4) is 0 Å². The van der Waals surface area contributed by atoms with E-state index in [0.29, 0.717) is 0 Å². The molecule has 0 bridgehead atoms. The molecule has 8 heteroatoms. The van der Waals surface area contributed by atoms with Gasteiger partial charge in [-0.1, -0.05) is 206 Å². The number of benzene rings is 15. The first-order valence-electron chi connectivity index (χ1n) is 33.5. The molecule has 5 heterocycles. The number of anilines is 12. The van der Waals surface area contributed by atoms with Crippen molar-refractivity contribution >= 4 is 157 Å². The molecule has 0 unspecified atom stereocenters. The van der Waals surface area contributed by atoms with E-state index in [-0.39, 0.29) is 0 Å².